The topological polar surface area (TPSA) is 32.8 Å². The van der Waals surface area contributed by atoms with Gasteiger partial charge in [0.2, 0.25) is 0 Å². The number of aliphatic hydroxyl groups is 1. The summed E-state index contributed by atoms with van der Waals surface area (Å²) in [5.74, 6) is 5.88. The molecule has 1 N–H and O–H groups in total. The molecule has 0 saturated carbocycles. The lowest BCUT2D eigenvalue weighted by atomic mass is 10.1. The summed E-state index contributed by atoms with van der Waals surface area (Å²) in [5, 5.41) is 8.91. The van der Waals surface area contributed by atoms with Gasteiger partial charge in [0.05, 0.1) is 13.2 Å². The number of hydrogen-bond donors (Lipinski definition) is 1. The van der Waals surface area contributed by atoms with Gasteiger partial charge in [-0.15, -0.1) is 0 Å². The van der Waals surface area contributed by atoms with E-state index in [2.05, 4.69) is 11.8 Å². The molecule has 0 spiro atoms. The summed E-state index contributed by atoms with van der Waals surface area (Å²) in [7, 11) is 0. The average Bonchev–Trinajstić information content (AvgIpc) is 2.97. The minimum atomic E-state index is -0.560. The molecule has 0 aromatic heterocycles. The van der Waals surface area contributed by atoms with Gasteiger partial charge in [-0.1, -0.05) is 30.0 Å². The fraction of sp³-hybridized carbons (Fsp3) is 0.273. The highest BCUT2D eigenvalue weighted by molar-refractivity contribution is 5.37. The molecule has 1 atom stereocenters. The van der Waals surface area contributed by atoms with Crippen LogP contribution in [0.4, 0.5) is 0 Å². The molecule has 1 heterocycles. The van der Waals surface area contributed by atoms with Crippen molar-refractivity contribution in [2.24, 2.45) is 0 Å². The smallest absolute Gasteiger partial charge is 0.175 e. The molecule has 0 amide bonds. The number of ether oxygens (including phenoxy) is 1. The molecule has 13 heavy (non-hydrogen) atoms. The van der Waals surface area contributed by atoms with E-state index < -0.39 is 5.60 Å². The van der Waals surface area contributed by atoms with Crippen LogP contribution in [0.15, 0.2) is 30.3 Å². The van der Waals surface area contributed by atoms with E-state index in [0.717, 1.165) is 5.56 Å². The molecule has 0 aliphatic carbocycles. The highest BCUT2D eigenvalue weighted by Gasteiger charge is 2.42. The van der Waals surface area contributed by atoms with Gasteiger partial charge in [0.15, 0.2) is 5.60 Å². The second-order valence-corrected chi connectivity index (χ2v) is 3.06. The molecule has 0 unspecified atom stereocenters. The predicted octanol–water partition coefficient (Wildman–Crippen LogP) is 0.799. The first kappa shape index (κ1) is 8.31. The minimum absolute atomic E-state index is 0.0210. The van der Waals surface area contributed by atoms with E-state index in [1.165, 1.54) is 0 Å². The molecule has 1 aromatic carbocycles. The first-order valence-electron chi connectivity index (χ1n) is 4.18. The third-order valence-corrected chi connectivity index (χ3v) is 1.96. The second-order valence-electron chi connectivity index (χ2n) is 3.06. The summed E-state index contributed by atoms with van der Waals surface area (Å²) in [5.41, 5.74) is 0.390. The Hall–Kier alpha value is -1.30. The summed E-state index contributed by atoms with van der Waals surface area (Å²) >= 11 is 0. The summed E-state index contributed by atoms with van der Waals surface area (Å²) < 4.78 is 5.04. The highest BCUT2D eigenvalue weighted by Crippen LogP contribution is 2.24. The molecule has 1 aromatic rings. The lowest BCUT2D eigenvalue weighted by molar-refractivity contribution is 0.209. The first-order chi connectivity index (χ1) is 6.35. The van der Waals surface area contributed by atoms with Crippen LogP contribution in [0.25, 0.3) is 0 Å². The largest absolute Gasteiger partial charge is 0.392 e. The highest BCUT2D eigenvalue weighted by atomic mass is 16.6. The Labute approximate surface area is 77.2 Å². The van der Waals surface area contributed by atoms with Crippen LogP contribution < -0.4 is 0 Å². The van der Waals surface area contributed by atoms with Crippen molar-refractivity contribution in [1.82, 2.24) is 0 Å². The lowest BCUT2D eigenvalue weighted by Gasteiger charge is -1.94. The van der Waals surface area contributed by atoms with Gasteiger partial charge in [0.25, 0.3) is 0 Å². The van der Waals surface area contributed by atoms with Crippen LogP contribution in [-0.2, 0) is 4.74 Å². The van der Waals surface area contributed by atoms with Gasteiger partial charge in [-0.25, -0.2) is 0 Å². The van der Waals surface area contributed by atoms with Gasteiger partial charge >= 0.3 is 0 Å². The van der Waals surface area contributed by atoms with Crippen LogP contribution >= 0.6 is 0 Å². The standard InChI is InChI=1S/C11H10O2/c12-8-11(9-13-11)7-6-10-4-2-1-3-5-10/h1-5,12H,8-9H2/t11-/m1/s1. The van der Waals surface area contributed by atoms with Crippen molar-refractivity contribution in [2.45, 2.75) is 5.60 Å². The van der Waals surface area contributed by atoms with Crippen molar-refractivity contribution in [3.63, 3.8) is 0 Å². The molecule has 1 saturated heterocycles. The summed E-state index contributed by atoms with van der Waals surface area (Å²) in [4.78, 5) is 0. The maximum Gasteiger partial charge on any atom is 0.175 e. The SMILES string of the molecule is OC[C@]1(C#Cc2ccccc2)CO1. The Morgan fingerprint density at radius 2 is 2.08 bits per heavy atom. The van der Waals surface area contributed by atoms with Crippen LogP contribution in [0.5, 0.6) is 0 Å². The van der Waals surface area contributed by atoms with E-state index in [1.54, 1.807) is 0 Å². The molecule has 1 aliphatic heterocycles. The van der Waals surface area contributed by atoms with Gasteiger partial charge in [0.1, 0.15) is 0 Å². The third-order valence-electron chi connectivity index (χ3n) is 1.96. The van der Waals surface area contributed by atoms with Crippen molar-refractivity contribution >= 4 is 0 Å². The number of benzene rings is 1. The van der Waals surface area contributed by atoms with Crippen LogP contribution in [0.1, 0.15) is 5.56 Å². The van der Waals surface area contributed by atoms with Crippen LogP contribution in [-0.4, -0.2) is 23.9 Å². The normalized spacial score (nSPS) is 24.7. The van der Waals surface area contributed by atoms with Crippen molar-refractivity contribution in [3.05, 3.63) is 35.9 Å². The van der Waals surface area contributed by atoms with E-state index in [1.807, 2.05) is 30.3 Å². The van der Waals surface area contributed by atoms with Gasteiger partial charge in [-0.05, 0) is 12.1 Å². The zero-order valence-electron chi connectivity index (χ0n) is 7.16. The predicted molar refractivity (Wildman–Crippen MR) is 49.1 cm³/mol. The van der Waals surface area contributed by atoms with Gasteiger partial charge in [-0.2, -0.15) is 0 Å². The zero-order chi connectivity index (χ0) is 9.15. The van der Waals surface area contributed by atoms with Gasteiger partial charge in [0, 0.05) is 5.56 Å². The van der Waals surface area contributed by atoms with Gasteiger partial charge < -0.3 is 9.84 Å². The van der Waals surface area contributed by atoms with Gasteiger partial charge in [-0.3, -0.25) is 0 Å². The fourth-order valence-electron chi connectivity index (χ4n) is 0.998. The molecular formula is C11H10O2. The minimum Gasteiger partial charge on any atom is -0.392 e. The third kappa shape index (κ3) is 1.89. The summed E-state index contributed by atoms with van der Waals surface area (Å²) in [6.45, 7) is 0.524. The molecule has 0 radical (unpaired) electrons. The maximum absolute atomic E-state index is 8.91. The maximum atomic E-state index is 8.91. The van der Waals surface area contributed by atoms with E-state index in [9.17, 15) is 0 Å². The van der Waals surface area contributed by atoms with Crippen LogP contribution in [0.2, 0.25) is 0 Å². The lowest BCUT2D eigenvalue weighted by Crippen LogP contribution is -2.12. The molecule has 2 nitrogen and oxygen atoms in total. The molecule has 0 bridgehead atoms. The monoisotopic (exact) mass is 174 g/mol. The van der Waals surface area contributed by atoms with E-state index in [-0.39, 0.29) is 6.61 Å². The van der Waals surface area contributed by atoms with Crippen molar-refractivity contribution in [1.29, 1.82) is 0 Å². The Morgan fingerprint density at radius 1 is 1.38 bits per heavy atom. The van der Waals surface area contributed by atoms with Crippen LogP contribution in [0, 0.1) is 11.8 Å². The number of epoxide rings is 1. The molecular weight excluding hydrogens is 164 g/mol. The summed E-state index contributed by atoms with van der Waals surface area (Å²) in [6.07, 6.45) is 0. The molecule has 2 heteroatoms. The Bertz CT molecular complexity index is 341. The van der Waals surface area contributed by atoms with Crippen molar-refractivity contribution < 1.29 is 9.84 Å². The van der Waals surface area contributed by atoms with Crippen LogP contribution in [0.3, 0.4) is 0 Å². The Kier molecular flexibility index (Phi) is 2.05. The Balaban J connectivity index is 2.13. The quantitative estimate of drug-likeness (QED) is 0.504. The molecule has 1 aliphatic rings. The average molecular weight is 174 g/mol. The van der Waals surface area contributed by atoms with E-state index >= 15 is 0 Å². The van der Waals surface area contributed by atoms with Crippen molar-refractivity contribution in [2.75, 3.05) is 13.2 Å². The molecule has 1 fully saturated rings. The number of aliphatic hydroxyl groups excluding tert-OH is 1. The molecule has 2 rings (SSSR count). The fourth-order valence-corrected chi connectivity index (χ4v) is 0.998. The summed E-state index contributed by atoms with van der Waals surface area (Å²) in [6, 6.07) is 9.67. The number of hydrogen-bond acceptors (Lipinski definition) is 2. The van der Waals surface area contributed by atoms with E-state index in [0.29, 0.717) is 6.61 Å². The molecule has 66 valence electrons. The van der Waals surface area contributed by atoms with Crippen molar-refractivity contribution in [3.8, 4) is 11.8 Å². The first-order valence-corrected chi connectivity index (χ1v) is 4.18. The van der Waals surface area contributed by atoms with E-state index in [4.69, 9.17) is 9.84 Å². The Morgan fingerprint density at radius 3 is 2.62 bits per heavy atom. The zero-order valence-corrected chi connectivity index (χ0v) is 7.16. The number of rotatable bonds is 1. The second kappa shape index (κ2) is 3.21.